The third kappa shape index (κ3) is 4.25. The van der Waals surface area contributed by atoms with E-state index in [1.807, 2.05) is 44.0 Å². The number of alkyl halides is 1. The summed E-state index contributed by atoms with van der Waals surface area (Å²) in [6.45, 7) is 7.74. The normalized spacial score (nSPS) is 19.7. The topological polar surface area (TPSA) is 59.5 Å². The summed E-state index contributed by atoms with van der Waals surface area (Å²) in [7, 11) is 3.59. The van der Waals surface area contributed by atoms with Crippen LogP contribution in [0.3, 0.4) is 0 Å². The highest BCUT2D eigenvalue weighted by molar-refractivity contribution is 5.83. The van der Waals surface area contributed by atoms with Gasteiger partial charge in [-0.2, -0.15) is 5.10 Å². The van der Waals surface area contributed by atoms with E-state index in [1.54, 1.807) is 7.11 Å². The Labute approximate surface area is 185 Å². The van der Waals surface area contributed by atoms with Crippen LogP contribution in [0, 0.1) is 5.41 Å². The van der Waals surface area contributed by atoms with E-state index in [1.165, 1.54) is 0 Å². The Balaban J connectivity index is 1.51. The van der Waals surface area contributed by atoms with Crippen LogP contribution in [0.1, 0.15) is 39.5 Å². The van der Waals surface area contributed by atoms with E-state index in [9.17, 15) is 4.39 Å². The van der Waals surface area contributed by atoms with Crippen LogP contribution in [0.4, 0.5) is 15.8 Å². The van der Waals surface area contributed by atoms with Gasteiger partial charge in [-0.1, -0.05) is 0 Å². The molecule has 31 heavy (non-hydrogen) atoms. The maximum atomic E-state index is 13.4. The second kappa shape index (κ2) is 8.34. The van der Waals surface area contributed by atoms with Crippen LogP contribution in [0.25, 0.3) is 11.1 Å². The number of benzene rings is 1. The van der Waals surface area contributed by atoms with Gasteiger partial charge in [0.2, 0.25) is 0 Å². The molecule has 0 bridgehead atoms. The molecular formula is C24H36FN5O. The van der Waals surface area contributed by atoms with Crippen LogP contribution in [-0.2, 0) is 7.05 Å². The molecule has 2 N–H and O–H groups in total. The first-order valence-corrected chi connectivity index (χ1v) is 11.3. The van der Waals surface area contributed by atoms with E-state index < -0.39 is 0 Å². The maximum Gasteiger partial charge on any atom is 0.143 e. The van der Waals surface area contributed by atoms with E-state index in [0.29, 0.717) is 16.9 Å². The van der Waals surface area contributed by atoms with Gasteiger partial charge >= 0.3 is 0 Å². The number of rotatable bonds is 5. The van der Waals surface area contributed by atoms with Gasteiger partial charge < -0.3 is 15.4 Å². The Bertz CT molecular complexity index is 907. The zero-order valence-electron chi connectivity index (χ0n) is 19.3. The lowest BCUT2D eigenvalue weighted by Crippen LogP contribution is -2.53. The molecule has 2 fully saturated rings. The van der Waals surface area contributed by atoms with Crippen molar-refractivity contribution >= 4 is 11.4 Å². The fraction of sp³-hybridized carbons (Fsp3) is 0.625. The molecule has 1 spiro atoms. The number of nitrogens with zero attached hydrogens (tertiary/aromatic N) is 4. The van der Waals surface area contributed by atoms with Gasteiger partial charge in [0.05, 0.1) is 19.0 Å². The van der Waals surface area contributed by atoms with Crippen LogP contribution in [-0.4, -0.2) is 60.2 Å². The Morgan fingerprint density at radius 1 is 1.13 bits per heavy atom. The number of methoxy groups -OCH3 is 1. The molecule has 0 radical (unpaired) electrons. The van der Waals surface area contributed by atoms with Crippen LogP contribution in [0.5, 0.6) is 5.75 Å². The standard InChI is InChI=1S/C24H36FN5O/c1-23(2,17-25)30-11-7-24(8-12-30)5-9-29(10-6-24)21-14-22(31-4)20(26)13-19(21)18-15-27-28(3)16-18/h13-16H,5-12,17,26H2,1-4H3. The van der Waals surface area contributed by atoms with E-state index in [0.717, 1.165) is 68.7 Å². The van der Waals surface area contributed by atoms with Crippen molar-refractivity contribution in [3.05, 3.63) is 24.5 Å². The molecule has 2 aromatic rings. The molecule has 2 aliphatic heterocycles. The van der Waals surface area contributed by atoms with Crippen molar-refractivity contribution in [2.24, 2.45) is 12.5 Å². The number of ether oxygens (including phenoxy) is 1. The Morgan fingerprint density at radius 3 is 2.32 bits per heavy atom. The van der Waals surface area contributed by atoms with Crippen molar-refractivity contribution in [3.63, 3.8) is 0 Å². The second-order valence-electron chi connectivity index (χ2n) is 9.93. The van der Waals surface area contributed by atoms with Gasteiger partial charge in [-0.05, 0) is 64.1 Å². The summed E-state index contributed by atoms with van der Waals surface area (Å²) in [5.41, 5.74) is 10.2. The number of anilines is 2. The van der Waals surface area contributed by atoms with Gasteiger partial charge in [-0.3, -0.25) is 9.58 Å². The maximum absolute atomic E-state index is 13.4. The predicted octanol–water partition coefficient (Wildman–Crippen LogP) is 4.11. The summed E-state index contributed by atoms with van der Waals surface area (Å²) in [4.78, 5) is 4.80. The van der Waals surface area contributed by atoms with Gasteiger partial charge in [0.1, 0.15) is 12.4 Å². The molecular weight excluding hydrogens is 393 g/mol. The average molecular weight is 430 g/mol. The largest absolute Gasteiger partial charge is 0.495 e. The minimum Gasteiger partial charge on any atom is -0.495 e. The Hall–Kier alpha value is -2.28. The zero-order chi connectivity index (χ0) is 22.2. The number of nitrogen functional groups attached to an aromatic ring is 1. The van der Waals surface area contributed by atoms with Gasteiger partial charge in [0.25, 0.3) is 0 Å². The van der Waals surface area contributed by atoms with Gasteiger partial charge in [-0.25, -0.2) is 4.39 Å². The third-order valence-corrected chi connectivity index (χ3v) is 7.54. The van der Waals surface area contributed by atoms with E-state index in [4.69, 9.17) is 10.5 Å². The summed E-state index contributed by atoms with van der Waals surface area (Å²) in [5.74, 6) is 0.713. The van der Waals surface area contributed by atoms with E-state index >= 15 is 0 Å². The fourth-order valence-electron chi connectivity index (χ4n) is 5.21. The number of aryl methyl sites for hydroxylation is 1. The summed E-state index contributed by atoms with van der Waals surface area (Å²) in [6, 6.07) is 4.08. The van der Waals surface area contributed by atoms with Crippen LogP contribution >= 0.6 is 0 Å². The lowest BCUT2D eigenvalue weighted by Gasteiger charge is -2.50. The molecule has 0 amide bonds. The molecule has 1 aromatic carbocycles. The first-order chi connectivity index (χ1) is 14.8. The number of likely N-dealkylation sites (tertiary alicyclic amines) is 1. The highest BCUT2D eigenvalue weighted by Crippen LogP contribution is 2.45. The number of hydrogen-bond donors (Lipinski definition) is 1. The van der Waals surface area contributed by atoms with E-state index in [2.05, 4.69) is 21.0 Å². The summed E-state index contributed by atoms with van der Waals surface area (Å²) in [6.07, 6.45) is 8.55. The van der Waals surface area contributed by atoms with Crippen molar-refractivity contribution in [2.75, 3.05) is 50.6 Å². The molecule has 6 nitrogen and oxygen atoms in total. The number of nitrogens with two attached hydrogens (primary N) is 1. The van der Waals surface area contributed by atoms with Crippen molar-refractivity contribution < 1.29 is 9.13 Å². The lowest BCUT2D eigenvalue weighted by molar-refractivity contribution is 0.0112. The van der Waals surface area contributed by atoms with Crippen molar-refractivity contribution in [1.82, 2.24) is 14.7 Å². The molecule has 0 aliphatic carbocycles. The summed E-state index contributed by atoms with van der Waals surface area (Å²) < 4.78 is 20.8. The smallest absolute Gasteiger partial charge is 0.143 e. The minimum atomic E-state index is -0.346. The molecule has 0 saturated carbocycles. The average Bonchev–Trinajstić information content (AvgIpc) is 3.21. The molecule has 0 atom stereocenters. The monoisotopic (exact) mass is 429 g/mol. The third-order valence-electron chi connectivity index (χ3n) is 7.54. The molecule has 7 heteroatoms. The van der Waals surface area contributed by atoms with Crippen LogP contribution in [0.15, 0.2) is 24.5 Å². The van der Waals surface area contributed by atoms with E-state index in [-0.39, 0.29) is 12.2 Å². The van der Waals surface area contributed by atoms with Gasteiger partial charge in [0.15, 0.2) is 0 Å². The molecule has 2 saturated heterocycles. The number of halogens is 1. The summed E-state index contributed by atoms with van der Waals surface area (Å²) in [5, 5.41) is 4.35. The number of piperidine rings is 2. The number of hydrogen-bond acceptors (Lipinski definition) is 5. The van der Waals surface area contributed by atoms with Crippen molar-refractivity contribution in [3.8, 4) is 16.9 Å². The van der Waals surface area contributed by atoms with Crippen LogP contribution in [0.2, 0.25) is 0 Å². The van der Waals surface area contributed by atoms with Gasteiger partial charge in [0, 0.05) is 54.8 Å². The van der Waals surface area contributed by atoms with Gasteiger partial charge in [-0.15, -0.1) is 0 Å². The molecule has 2 aliphatic rings. The quantitative estimate of drug-likeness (QED) is 0.725. The van der Waals surface area contributed by atoms with Crippen molar-refractivity contribution in [2.45, 2.75) is 45.1 Å². The van der Waals surface area contributed by atoms with Crippen molar-refractivity contribution in [1.29, 1.82) is 0 Å². The minimum absolute atomic E-state index is 0.288. The zero-order valence-corrected chi connectivity index (χ0v) is 19.3. The molecule has 4 rings (SSSR count). The molecule has 1 aromatic heterocycles. The molecule has 170 valence electrons. The highest BCUT2D eigenvalue weighted by atomic mass is 19.1. The predicted molar refractivity (Wildman–Crippen MR) is 124 cm³/mol. The molecule has 0 unspecified atom stereocenters. The first kappa shape index (κ1) is 21.9. The summed E-state index contributed by atoms with van der Waals surface area (Å²) >= 11 is 0. The van der Waals surface area contributed by atoms with Crippen LogP contribution < -0.4 is 15.4 Å². The number of aromatic nitrogens is 2. The molecule has 3 heterocycles. The Kier molecular flexibility index (Phi) is 5.90. The fourth-order valence-corrected chi connectivity index (χ4v) is 5.21. The lowest BCUT2D eigenvalue weighted by atomic mass is 9.70. The SMILES string of the molecule is COc1cc(N2CCC3(CC2)CCN(C(C)(C)CF)CC3)c(-c2cnn(C)c2)cc1N. The second-order valence-corrected chi connectivity index (χ2v) is 9.93. The first-order valence-electron chi connectivity index (χ1n) is 11.3. The Morgan fingerprint density at radius 2 is 1.77 bits per heavy atom. The highest BCUT2D eigenvalue weighted by Gasteiger charge is 2.41.